The number of hydrogen-bond acceptors (Lipinski definition) is 27. The first kappa shape index (κ1) is 90.1. The van der Waals surface area contributed by atoms with Gasteiger partial charge in [-0.05, 0) is 93.5 Å². The number of carbonyl (C=O) groups is 4. The summed E-state index contributed by atoms with van der Waals surface area (Å²) in [5.74, 6) is 1.38. The van der Waals surface area contributed by atoms with Crippen LogP contribution in [0.2, 0.25) is 25.1 Å². The van der Waals surface area contributed by atoms with Crippen LogP contribution in [0, 0.1) is 55.4 Å². The van der Waals surface area contributed by atoms with Crippen LogP contribution in [0.15, 0.2) is 164 Å². The van der Waals surface area contributed by atoms with Crippen LogP contribution in [-0.4, -0.2) is 148 Å². The van der Waals surface area contributed by atoms with Gasteiger partial charge in [0.15, 0.2) is 22.6 Å². The van der Waals surface area contributed by atoms with E-state index >= 15 is 0 Å². The van der Waals surface area contributed by atoms with Crippen molar-refractivity contribution in [2.75, 3.05) is 18.5 Å². The normalized spacial score (nSPS) is 10.9. The third-order valence-corrected chi connectivity index (χ3v) is 20.0. The number of amides is 1. The van der Waals surface area contributed by atoms with Gasteiger partial charge in [0.25, 0.3) is 5.91 Å². The molecule has 0 bridgehead atoms. The Kier molecular flexibility index (Phi) is 29.6. The van der Waals surface area contributed by atoms with E-state index in [4.69, 9.17) is 97.2 Å². The Morgan fingerprint density at radius 1 is 0.434 bits per heavy atom. The number of aryl methyl sites for hydroxylation is 8. The van der Waals surface area contributed by atoms with Gasteiger partial charge in [0.2, 0.25) is 46.9 Å². The molecule has 4 N–H and O–H groups in total. The topological polar surface area (TPSA) is 438 Å². The summed E-state index contributed by atoms with van der Waals surface area (Å²) in [5.41, 5.74) is 14.0. The number of aromatic carboxylic acids is 1. The number of nitrogens with one attached hydrogen (secondary N) is 2. The molecule has 40 heteroatoms. The third-order valence-electron chi connectivity index (χ3n) is 18.0. The van der Waals surface area contributed by atoms with Gasteiger partial charge in [0.1, 0.15) is 25.5 Å². The number of halogens is 6. The number of rotatable bonds is 18. The molecule has 17 aromatic rings. The zero-order valence-corrected chi connectivity index (χ0v) is 71.4. The number of anilines is 1. The molecule has 0 atom stereocenters. The van der Waals surface area contributed by atoms with Gasteiger partial charge in [0, 0.05) is 63.4 Å². The van der Waals surface area contributed by atoms with E-state index in [9.17, 15) is 24.3 Å². The zero-order chi connectivity index (χ0) is 85.2. The van der Waals surface area contributed by atoms with Crippen molar-refractivity contribution >= 4 is 143 Å². The summed E-state index contributed by atoms with van der Waals surface area (Å²) >= 11 is 36.9. The van der Waals surface area contributed by atoms with Crippen molar-refractivity contribution in [2.45, 2.75) is 94.8 Å². The maximum atomic E-state index is 12.8. The van der Waals surface area contributed by atoms with Crippen LogP contribution in [0.1, 0.15) is 124 Å². The number of alkyl halides is 1. The third kappa shape index (κ3) is 20.7. The quantitative estimate of drug-likeness (QED) is 0.0408. The number of aromatic nitrogens is 20. The fraction of sp³-hybridized carbons (Fsp3) is 0.195. The summed E-state index contributed by atoms with van der Waals surface area (Å²) in [4.78, 5) is 82.2. The second-order valence-electron chi connectivity index (χ2n) is 26.7. The van der Waals surface area contributed by atoms with Crippen molar-refractivity contribution in [1.82, 2.24) is 100 Å². The number of esters is 2. The molecule has 0 saturated carbocycles. The largest absolute Gasteiger partial charge is 1.00 e. The smallest absolute Gasteiger partial charge is 0.870 e. The first-order valence-electron chi connectivity index (χ1n) is 36.6. The summed E-state index contributed by atoms with van der Waals surface area (Å²) in [6, 6.07) is 38.2. The van der Waals surface area contributed by atoms with E-state index in [0.717, 1.165) is 44.6 Å². The second-order valence-corrected chi connectivity index (χ2v) is 28.9. The maximum absolute atomic E-state index is 12.8. The molecule has 0 aliphatic rings. The van der Waals surface area contributed by atoms with Gasteiger partial charge in [-0.3, -0.25) is 9.89 Å². The standard InChI is InChI=1S/C24H18Cl2N6O2.C20H18ClN5O3.C18H14ClN5O3.C10H10ClN3O2.C10H9ClN2O.Li.H2O/c1-13-3-5-15(6-4-13)22-29-19(34-31-22)12-32-23-20(14(2)30-32)21(26)18(11-27-23)24(33)28-17-9-7-16(25)8-10-17;1-4-28-20(27)14-9-22-19-16(17(14)21)12(3)24-26(19)10-15-23-18(25-29-15)13-7-5-11(2)6-8-13;1-9-3-5-11(6-4-9)16-21-13(27-23-16)8-24-17-14(10(2)22-24)15(19)12(7-20-17)18(25)26;1-3-16-10(15)6-4-12-9-7(8(6)11)5(2)13-14-9;1-7-2-4-8(5-3-7)10-12-9(6-11)14-13-10;;/h3-11H,12H2,1-2H3,(H,28,33);5-9H,4,10H2,1-3H3;3-7H,8H2,1-2H3,(H,25,26);4H,3H2,1-2H3,(H,12,13,14);2-5H,6H2,1H3;;1H2/q;;;;;+1;/p-1. The zero-order valence-electron chi connectivity index (χ0n) is 66.8. The van der Waals surface area contributed by atoms with Crippen LogP contribution in [0.5, 0.6) is 0 Å². The number of carboxylic acid groups (broad SMARTS) is 1. The molecule has 0 unspecified atom stereocenters. The van der Waals surface area contributed by atoms with Crippen molar-refractivity contribution in [3.8, 4) is 45.6 Å². The Morgan fingerprint density at radius 2 is 0.754 bits per heavy atom. The van der Waals surface area contributed by atoms with Gasteiger partial charge in [-0.1, -0.05) is 198 Å². The van der Waals surface area contributed by atoms with Crippen LogP contribution in [0.4, 0.5) is 5.69 Å². The predicted molar refractivity (Wildman–Crippen MR) is 450 cm³/mol. The number of pyridine rings is 4. The summed E-state index contributed by atoms with van der Waals surface area (Å²) in [7, 11) is 0. The van der Waals surface area contributed by atoms with Gasteiger partial charge in [-0.25, -0.2) is 48.4 Å². The minimum absolute atomic E-state index is 0. The van der Waals surface area contributed by atoms with Crippen LogP contribution < -0.4 is 24.2 Å². The van der Waals surface area contributed by atoms with Crippen molar-refractivity contribution in [2.24, 2.45) is 0 Å². The Bertz CT molecular complexity index is 6610. The minimum atomic E-state index is -1.14. The molecular weight excluding hydrogens is 1690 g/mol. The van der Waals surface area contributed by atoms with Gasteiger partial charge in [-0.15, -0.1) is 11.6 Å². The predicted octanol–water partition coefficient (Wildman–Crippen LogP) is 14.9. The van der Waals surface area contributed by atoms with Crippen LogP contribution >= 0.6 is 69.6 Å². The fourth-order valence-electron chi connectivity index (χ4n) is 11.9. The number of H-pyrrole nitrogens is 1. The molecule has 0 saturated heterocycles. The Labute approximate surface area is 735 Å². The molecule has 1 amide bonds. The van der Waals surface area contributed by atoms with E-state index in [1.54, 1.807) is 72.9 Å². The van der Waals surface area contributed by atoms with Crippen LogP contribution in [0.25, 0.3) is 89.7 Å². The van der Waals surface area contributed by atoms with Gasteiger partial charge >= 0.3 is 36.8 Å². The molecule has 0 radical (unpaired) electrons. The second kappa shape index (κ2) is 40.1. The first-order chi connectivity index (χ1) is 57.7. The molecular formula is C82H70Cl6LiN21O12. The molecule has 122 heavy (non-hydrogen) atoms. The van der Waals surface area contributed by atoms with Gasteiger partial charge in [0.05, 0.1) is 94.2 Å². The molecule has 0 spiro atoms. The van der Waals surface area contributed by atoms with Gasteiger partial charge in [-0.2, -0.15) is 40.3 Å². The summed E-state index contributed by atoms with van der Waals surface area (Å²) < 4.78 is 35.8. The molecule has 0 fully saturated rings. The molecule has 0 aliphatic heterocycles. The molecule has 0 aliphatic carbocycles. The van der Waals surface area contributed by atoms with E-state index in [2.05, 4.69) is 91.3 Å². The SMILES string of the molecule is CCOC(=O)c1cnc2c(c(C)nn2Cc2nc(-c3ccc(C)cc3)no2)c1Cl.CCOC(=O)c1cnc2n[nH]c(C)c2c1Cl.Cc1ccc(-c2noc(CCl)n2)cc1.Cc1ccc(-c2noc(Cn3nc(C)c4c(Cl)c(C(=O)Nc5ccc(Cl)cc5)cnc43)n2)cc1.Cc1ccc(-c2noc(Cn3nc(C)c4c(Cl)c(C(=O)O)cnc43)n2)cc1.[Li+].[OH-]. The summed E-state index contributed by atoms with van der Waals surface area (Å²) in [6.07, 6.45) is 5.42. The number of fused-ring (bicyclic) bond motifs is 4. The van der Waals surface area contributed by atoms with E-state index < -0.39 is 17.9 Å². The summed E-state index contributed by atoms with van der Waals surface area (Å²) in [6.45, 7) is 19.9. The Balaban J connectivity index is 0.000000153. The molecule has 17 rings (SSSR count). The van der Waals surface area contributed by atoms with Crippen LogP contribution in [0.3, 0.4) is 0 Å². The number of carbonyl (C=O) groups excluding carboxylic acids is 3. The average Bonchev–Trinajstić information content (AvgIpc) is 1.62. The average molecular weight is 1760 g/mol. The Hall–Kier alpha value is -12.7. The monoisotopic (exact) mass is 1760 g/mol. The van der Waals surface area contributed by atoms with Crippen molar-refractivity contribution < 1.29 is 76.2 Å². The number of ether oxygens (including phenoxy) is 2. The van der Waals surface area contributed by atoms with E-state index in [1.165, 1.54) is 30.4 Å². The number of nitrogens with zero attached hydrogens (tertiary/aromatic N) is 19. The Morgan fingerprint density at radius 3 is 1.11 bits per heavy atom. The maximum Gasteiger partial charge on any atom is 1.00 e. The minimum Gasteiger partial charge on any atom is -0.870 e. The van der Waals surface area contributed by atoms with E-state index in [-0.39, 0.29) is 99.7 Å². The van der Waals surface area contributed by atoms with E-state index in [0.29, 0.717) is 130 Å². The first-order valence-corrected chi connectivity index (χ1v) is 39.0. The molecule has 33 nitrogen and oxygen atoms in total. The van der Waals surface area contributed by atoms with E-state index in [1.807, 2.05) is 132 Å². The number of carboxylic acids is 1. The number of aromatic amines is 1. The van der Waals surface area contributed by atoms with Crippen molar-refractivity contribution in [3.63, 3.8) is 0 Å². The molecule has 5 aromatic carbocycles. The molecule has 12 aromatic heterocycles. The molecule has 12 heterocycles. The van der Waals surface area contributed by atoms with Crippen LogP contribution in [-0.2, 0) is 35.0 Å². The summed E-state index contributed by atoms with van der Waals surface area (Å²) in [5, 5.41) is 51.9. The molecule has 618 valence electrons. The fourth-order valence-corrected chi connectivity index (χ4v) is 13.6. The van der Waals surface area contributed by atoms with Gasteiger partial charge < -0.3 is 43.5 Å². The number of benzene rings is 5. The van der Waals surface area contributed by atoms with Crippen molar-refractivity contribution in [1.29, 1.82) is 0 Å². The van der Waals surface area contributed by atoms with Crippen molar-refractivity contribution in [3.05, 3.63) is 262 Å². The number of hydrogen-bond donors (Lipinski definition) is 3.